The van der Waals surface area contributed by atoms with E-state index in [0.717, 1.165) is 17.1 Å². The van der Waals surface area contributed by atoms with Crippen LogP contribution >= 0.6 is 0 Å². The van der Waals surface area contributed by atoms with Gasteiger partial charge in [0.15, 0.2) is 5.65 Å². The maximum atomic E-state index is 11.6. The molecule has 0 aromatic carbocycles. The molecule has 108 valence electrons. The van der Waals surface area contributed by atoms with Crippen molar-refractivity contribution in [2.75, 3.05) is 0 Å². The number of pyridine rings is 1. The molecule has 0 amide bonds. The number of hydrogen-bond acceptors (Lipinski definition) is 4. The molecular formula is C14H15N5O2. The monoisotopic (exact) mass is 285 g/mol. The van der Waals surface area contributed by atoms with Crippen LogP contribution in [0.2, 0.25) is 0 Å². The van der Waals surface area contributed by atoms with Crippen LogP contribution in [0.15, 0.2) is 12.3 Å². The molecule has 0 aliphatic carbocycles. The second kappa shape index (κ2) is 4.41. The van der Waals surface area contributed by atoms with Crippen LogP contribution in [0.1, 0.15) is 27.4 Å². The molecule has 7 nitrogen and oxygen atoms in total. The highest BCUT2D eigenvalue weighted by Crippen LogP contribution is 2.28. The Hall–Kier alpha value is -2.70. The summed E-state index contributed by atoms with van der Waals surface area (Å²) in [5.41, 5.74) is 3.69. The van der Waals surface area contributed by atoms with Gasteiger partial charge in [-0.3, -0.25) is 4.68 Å². The van der Waals surface area contributed by atoms with Crippen molar-refractivity contribution < 1.29 is 9.90 Å². The topological polar surface area (TPSA) is 85.8 Å². The maximum absolute atomic E-state index is 11.6. The molecule has 0 unspecified atom stereocenters. The fourth-order valence-corrected chi connectivity index (χ4v) is 2.62. The summed E-state index contributed by atoms with van der Waals surface area (Å²) in [4.78, 5) is 15.8. The van der Waals surface area contributed by atoms with Gasteiger partial charge < -0.3 is 5.11 Å². The minimum atomic E-state index is -1.03. The zero-order valence-corrected chi connectivity index (χ0v) is 12.2. The zero-order valence-electron chi connectivity index (χ0n) is 12.2. The van der Waals surface area contributed by atoms with Gasteiger partial charge in [0.1, 0.15) is 5.56 Å². The van der Waals surface area contributed by atoms with Crippen molar-refractivity contribution in [3.8, 4) is 5.69 Å². The summed E-state index contributed by atoms with van der Waals surface area (Å²) in [5.74, 6) is -1.03. The fourth-order valence-electron chi connectivity index (χ4n) is 2.62. The van der Waals surface area contributed by atoms with Crippen LogP contribution in [-0.2, 0) is 7.05 Å². The van der Waals surface area contributed by atoms with E-state index < -0.39 is 5.97 Å². The first kappa shape index (κ1) is 13.3. The van der Waals surface area contributed by atoms with Gasteiger partial charge in [-0.2, -0.15) is 10.2 Å². The van der Waals surface area contributed by atoms with Crippen LogP contribution in [0.3, 0.4) is 0 Å². The lowest BCUT2D eigenvalue weighted by Gasteiger charge is -2.10. The lowest BCUT2D eigenvalue weighted by Crippen LogP contribution is -2.10. The highest BCUT2D eigenvalue weighted by atomic mass is 16.4. The number of carboxylic acids is 1. The summed E-state index contributed by atoms with van der Waals surface area (Å²) in [6.45, 7) is 5.60. The molecule has 0 atom stereocenters. The van der Waals surface area contributed by atoms with Gasteiger partial charge in [-0.25, -0.2) is 14.5 Å². The minimum absolute atomic E-state index is 0.116. The molecule has 3 rings (SSSR count). The van der Waals surface area contributed by atoms with E-state index in [1.165, 1.54) is 6.20 Å². The summed E-state index contributed by atoms with van der Waals surface area (Å²) < 4.78 is 3.29. The molecule has 0 aliphatic rings. The number of hydrogen-bond donors (Lipinski definition) is 1. The van der Waals surface area contributed by atoms with Crippen molar-refractivity contribution in [3.05, 3.63) is 34.9 Å². The third-order valence-electron chi connectivity index (χ3n) is 3.45. The van der Waals surface area contributed by atoms with Crippen LogP contribution in [-0.4, -0.2) is 35.6 Å². The zero-order chi connectivity index (χ0) is 15.3. The van der Waals surface area contributed by atoms with Crippen molar-refractivity contribution in [1.29, 1.82) is 0 Å². The lowest BCUT2D eigenvalue weighted by atomic mass is 10.1. The highest BCUT2D eigenvalue weighted by Gasteiger charge is 2.22. The van der Waals surface area contributed by atoms with Gasteiger partial charge in [0.25, 0.3) is 0 Å². The number of carboxylic acid groups (broad SMARTS) is 1. The van der Waals surface area contributed by atoms with Gasteiger partial charge in [-0.1, -0.05) is 0 Å². The van der Waals surface area contributed by atoms with Crippen LogP contribution < -0.4 is 0 Å². The highest BCUT2D eigenvalue weighted by molar-refractivity contribution is 6.00. The number of aromatic carboxylic acids is 1. The molecule has 21 heavy (non-hydrogen) atoms. The average molecular weight is 285 g/mol. The van der Waals surface area contributed by atoms with Crippen molar-refractivity contribution in [3.63, 3.8) is 0 Å². The molecule has 3 aromatic rings. The Balaban J connectivity index is 2.50. The van der Waals surface area contributed by atoms with Crippen molar-refractivity contribution in [1.82, 2.24) is 24.5 Å². The molecule has 0 fully saturated rings. The Bertz CT molecular complexity index is 875. The molecule has 3 aromatic heterocycles. The van der Waals surface area contributed by atoms with Crippen LogP contribution in [0.5, 0.6) is 0 Å². The van der Waals surface area contributed by atoms with Crippen LogP contribution in [0.25, 0.3) is 16.7 Å². The van der Waals surface area contributed by atoms with Crippen LogP contribution in [0, 0.1) is 20.8 Å². The molecule has 0 spiro atoms. The van der Waals surface area contributed by atoms with Gasteiger partial charge in [0.05, 0.1) is 22.5 Å². The minimum Gasteiger partial charge on any atom is -0.478 e. The first-order valence-corrected chi connectivity index (χ1v) is 6.49. The molecule has 1 N–H and O–H groups in total. The normalized spacial score (nSPS) is 11.2. The number of rotatable bonds is 2. The SMILES string of the molecule is Cc1cc(C)n(-c2c(C(=O)O)cnc3c2c(C)nn3C)n1. The third-order valence-corrected chi connectivity index (χ3v) is 3.45. The third kappa shape index (κ3) is 1.89. The Morgan fingerprint density at radius 3 is 2.52 bits per heavy atom. The largest absolute Gasteiger partial charge is 0.478 e. The Kier molecular flexibility index (Phi) is 2.79. The molecule has 7 heteroatoms. The molecule has 3 heterocycles. The number of nitrogens with zero attached hydrogens (tertiary/aromatic N) is 5. The molecule has 0 bridgehead atoms. The fraction of sp³-hybridized carbons (Fsp3) is 0.286. The molecular weight excluding hydrogens is 270 g/mol. The van der Waals surface area contributed by atoms with E-state index in [2.05, 4.69) is 15.2 Å². The van der Waals surface area contributed by atoms with Crippen molar-refractivity contribution in [2.45, 2.75) is 20.8 Å². The smallest absolute Gasteiger partial charge is 0.339 e. The van der Waals surface area contributed by atoms with Gasteiger partial charge in [-0.15, -0.1) is 0 Å². The summed E-state index contributed by atoms with van der Waals surface area (Å²) in [6, 6.07) is 1.91. The van der Waals surface area contributed by atoms with E-state index in [4.69, 9.17) is 0 Å². The van der Waals surface area contributed by atoms with Crippen molar-refractivity contribution in [2.24, 2.45) is 7.05 Å². The van der Waals surface area contributed by atoms with Crippen molar-refractivity contribution >= 4 is 17.0 Å². The van der Waals surface area contributed by atoms with E-state index in [1.54, 1.807) is 16.4 Å². The summed E-state index contributed by atoms with van der Waals surface area (Å²) in [5, 5.41) is 18.9. The van der Waals surface area contributed by atoms with Crippen LogP contribution in [0.4, 0.5) is 0 Å². The number of aromatic nitrogens is 5. The van der Waals surface area contributed by atoms with E-state index in [9.17, 15) is 9.90 Å². The standard InChI is InChI=1S/C14H15N5O2/c1-7-5-8(2)19(16-7)12-10(14(20)21)6-15-13-11(12)9(3)17-18(13)4/h5-6H,1-4H3,(H,20,21). The molecule has 0 radical (unpaired) electrons. The molecule has 0 saturated heterocycles. The number of fused-ring (bicyclic) bond motifs is 1. The van der Waals surface area contributed by atoms with E-state index in [-0.39, 0.29) is 5.56 Å². The number of aryl methyl sites for hydroxylation is 4. The second-order valence-corrected chi connectivity index (χ2v) is 5.07. The van der Waals surface area contributed by atoms with Gasteiger partial charge in [0, 0.05) is 18.9 Å². The number of carbonyl (C=O) groups is 1. The van der Waals surface area contributed by atoms with E-state index >= 15 is 0 Å². The summed E-state index contributed by atoms with van der Waals surface area (Å²) >= 11 is 0. The molecule has 0 saturated carbocycles. The van der Waals surface area contributed by atoms with E-state index in [1.807, 2.05) is 26.8 Å². The Morgan fingerprint density at radius 2 is 1.95 bits per heavy atom. The quantitative estimate of drug-likeness (QED) is 0.775. The van der Waals surface area contributed by atoms with Gasteiger partial charge in [0.2, 0.25) is 0 Å². The maximum Gasteiger partial charge on any atom is 0.339 e. The van der Waals surface area contributed by atoms with Gasteiger partial charge >= 0.3 is 5.97 Å². The molecule has 0 aliphatic heterocycles. The lowest BCUT2D eigenvalue weighted by molar-refractivity contribution is 0.0696. The predicted octanol–water partition coefficient (Wildman–Crippen LogP) is 1.78. The predicted molar refractivity (Wildman–Crippen MR) is 76.8 cm³/mol. The Labute approximate surface area is 120 Å². The first-order valence-electron chi connectivity index (χ1n) is 6.49. The summed E-state index contributed by atoms with van der Waals surface area (Å²) in [6.07, 6.45) is 1.36. The summed E-state index contributed by atoms with van der Waals surface area (Å²) in [7, 11) is 1.79. The second-order valence-electron chi connectivity index (χ2n) is 5.07. The first-order chi connectivity index (χ1) is 9.90. The van der Waals surface area contributed by atoms with Gasteiger partial charge in [-0.05, 0) is 26.8 Å². The Morgan fingerprint density at radius 1 is 1.24 bits per heavy atom. The average Bonchev–Trinajstić information content (AvgIpc) is 2.88. The van der Waals surface area contributed by atoms with E-state index in [0.29, 0.717) is 16.7 Å².